The Kier molecular flexibility index (Phi) is 4.27. The fourth-order valence-corrected chi connectivity index (χ4v) is 4.19. The first-order valence-electron chi connectivity index (χ1n) is 7.51. The van der Waals surface area contributed by atoms with Gasteiger partial charge in [-0.05, 0) is 39.1 Å². The molecule has 6 heteroatoms. The molecular formula is C16H20Cl2N2O2. The van der Waals surface area contributed by atoms with Gasteiger partial charge in [-0.15, -0.1) is 0 Å². The number of fused-ring (bicyclic) bond motifs is 1. The Hall–Kier alpha value is -0.970. The number of phenolic OH excluding ortho intramolecular Hbond substituents is 1. The molecule has 1 N–H and O–H groups in total. The highest BCUT2D eigenvalue weighted by atomic mass is 35.5. The zero-order valence-electron chi connectivity index (χ0n) is 12.7. The van der Waals surface area contributed by atoms with E-state index in [0.29, 0.717) is 28.6 Å². The molecule has 3 rings (SSSR count). The highest BCUT2D eigenvalue weighted by molar-refractivity contribution is 6.42. The number of phenols is 1. The number of piperidine rings is 1. The van der Waals surface area contributed by atoms with Crippen LogP contribution in [0.5, 0.6) is 5.75 Å². The number of rotatable bonds is 2. The number of hydrogen-bond donors (Lipinski definition) is 1. The highest BCUT2D eigenvalue weighted by Gasteiger charge is 2.42. The van der Waals surface area contributed by atoms with Crippen LogP contribution < -0.4 is 0 Å². The van der Waals surface area contributed by atoms with Crippen molar-refractivity contribution >= 4 is 29.1 Å². The summed E-state index contributed by atoms with van der Waals surface area (Å²) in [6.45, 7) is 0.608. The summed E-state index contributed by atoms with van der Waals surface area (Å²) in [5.41, 5.74) is 0.678. The van der Waals surface area contributed by atoms with Crippen LogP contribution in [0.15, 0.2) is 12.1 Å². The van der Waals surface area contributed by atoms with Crippen molar-refractivity contribution in [2.75, 3.05) is 20.6 Å². The van der Waals surface area contributed by atoms with Gasteiger partial charge >= 0.3 is 0 Å². The number of halogens is 2. The van der Waals surface area contributed by atoms with Crippen LogP contribution in [0.2, 0.25) is 10.0 Å². The van der Waals surface area contributed by atoms with E-state index in [1.54, 1.807) is 12.1 Å². The molecule has 2 aliphatic heterocycles. The number of benzene rings is 1. The van der Waals surface area contributed by atoms with E-state index in [-0.39, 0.29) is 29.7 Å². The number of nitrogens with zero attached hydrogens (tertiary/aromatic N) is 2. The fraction of sp³-hybridized carbons (Fsp3) is 0.562. The minimum atomic E-state index is 0.0427. The SMILES string of the molecule is CN(C)C1CC(=O)N2C[C@@H](c3c(O)ccc(Cl)c3Cl)C[C@H]2C1. The van der Waals surface area contributed by atoms with Crippen LogP contribution in [-0.4, -0.2) is 53.5 Å². The van der Waals surface area contributed by atoms with Gasteiger partial charge in [-0.2, -0.15) is 0 Å². The maximum atomic E-state index is 12.4. The second-order valence-electron chi connectivity index (χ2n) is 6.48. The van der Waals surface area contributed by atoms with E-state index in [0.717, 1.165) is 12.8 Å². The van der Waals surface area contributed by atoms with Gasteiger partial charge in [0.1, 0.15) is 5.75 Å². The van der Waals surface area contributed by atoms with Crippen LogP contribution in [-0.2, 0) is 4.79 Å². The molecule has 0 aliphatic carbocycles. The monoisotopic (exact) mass is 342 g/mol. The molecule has 22 heavy (non-hydrogen) atoms. The largest absolute Gasteiger partial charge is 0.508 e. The molecule has 2 fully saturated rings. The second kappa shape index (κ2) is 5.91. The van der Waals surface area contributed by atoms with Crippen LogP contribution in [0.1, 0.15) is 30.7 Å². The summed E-state index contributed by atoms with van der Waals surface area (Å²) in [6, 6.07) is 3.67. The van der Waals surface area contributed by atoms with Crippen LogP contribution in [0.3, 0.4) is 0 Å². The van der Waals surface area contributed by atoms with E-state index in [1.165, 1.54) is 0 Å². The van der Waals surface area contributed by atoms with Gasteiger partial charge in [0.15, 0.2) is 0 Å². The molecule has 0 bridgehead atoms. The Morgan fingerprint density at radius 3 is 2.68 bits per heavy atom. The van der Waals surface area contributed by atoms with Gasteiger partial charge in [0.2, 0.25) is 5.91 Å². The lowest BCUT2D eigenvalue weighted by molar-refractivity contribution is -0.136. The molecule has 0 aromatic heterocycles. The fourth-order valence-electron chi connectivity index (χ4n) is 3.71. The number of amides is 1. The van der Waals surface area contributed by atoms with E-state index in [2.05, 4.69) is 4.90 Å². The van der Waals surface area contributed by atoms with Crippen LogP contribution >= 0.6 is 23.2 Å². The molecule has 2 heterocycles. The van der Waals surface area contributed by atoms with Crippen LogP contribution in [0.25, 0.3) is 0 Å². The Morgan fingerprint density at radius 1 is 1.27 bits per heavy atom. The molecule has 2 saturated heterocycles. The van der Waals surface area contributed by atoms with Gasteiger partial charge in [0, 0.05) is 36.5 Å². The third kappa shape index (κ3) is 2.68. The van der Waals surface area contributed by atoms with Crippen molar-refractivity contribution in [2.24, 2.45) is 0 Å². The summed E-state index contributed by atoms with van der Waals surface area (Å²) in [7, 11) is 4.03. The number of carbonyl (C=O) groups excluding carboxylic acids is 1. The van der Waals surface area contributed by atoms with E-state index in [9.17, 15) is 9.90 Å². The normalized spacial score (nSPS) is 28.3. The van der Waals surface area contributed by atoms with Gasteiger partial charge in [-0.3, -0.25) is 4.79 Å². The number of hydrogen-bond acceptors (Lipinski definition) is 3. The molecule has 1 aromatic rings. The topological polar surface area (TPSA) is 43.8 Å². The lowest BCUT2D eigenvalue weighted by Crippen LogP contribution is -2.48. The lowest BCUT2D eigenvalue weighted by Gasteiger charge is -2.37. The molecule has 0 radical (unpaired) electrons. The van der Waals surface area contributed by atoms with Crippen molar-refractivity contribution in [1.29, 1.82) is 0 Å². The Morgan fingerprint density at radius 2 is 2.00 bits per heavy atom. The van der Waals surface area contributed by atoms with Gasteiger partial charge < -0.3 is 14.9 Å². The molecule has 4 nitrogen and oxygen atoms in total. The molecule has 0 spiro atoms. The van der Waals surface area contributed by atoms with Crippen molar-refractivity contribution < 1.29 is 9.90 Å². The van der Waals surface area contributed by atoms with Gasteiger partial charge in [-0.25, -0.2) is 0 Å². The molecule has 2 aliphatic rings. The lowest BCUT2D eigenvalue weighted by atomic mass is 9.91. The minimum absolute atomic E-state index is 0.0427. The van der Waals surface area contributed by atoms with E-state index >= 15 is 0 Å². The first-order chi connectivity index (χ1) is 10.4. The smallest absolute Gasteiger partial charge is 0.224 e. The summed E-state index contributed by atoms with van der Waals surface area (Å²) in [6.07, 6.45) is 2.35. The standard InChI is InChI=1S/C16H20Cl2N2O2/c1-19(2)10-6-11-5-9(8-20(11)14(22)7-10)15-13(21)4-3-12(17)16(15)18/h3-4,9-11,21H,5-8H2,1-2H3/t9-,10?,11-/m0/s1. The summed E-state index contributed by atoms with van der Waals surface area (Å²) in [4.78, 5) is 16.4. The number of carbonyl (C=O) groups is 1. The van der Waals surface area contributed by atoms with Gasteiger partial charge in [0.25, 0.3) is 0 Å². The zero-order valence-corrected chi connectivity index (χ0v) is 14.2. The molecule has 1 aromatic carbocycles. The maximum absolute atomic E-state index is 12.4. The molecule has 1 amide bonds. The van der Waals surface area contributed by atoms with Crippen molar-refractivity contribution in [1.82, 2.24) is 9.80 Å². The van der Waals surface area contributed by atoms with Gasteiger partial charge in [-0.1, -0.05) is 23.2 Å². The first-order valence-corrected chi connectivity index (χ1v) is 8.26. The predicted molar refractivity (Wildman–Crippen MR) is 87.7 cm³/mol. The Bertz CT molecular complexity index is 606. The average molecular weight is 343 g/mol. The van der Waals surface area contributed by atoms with Crippen LogP contribution in [0, 0.1) is 0 Å². The molecule has 1 unspecified atom stereocenters. The molecule has 3 atom stereocenters. The summed E-state index contributed by atoms with van der Waals surface area (Å²) >= 11 is 12.4. The Balaban J connectivity index is 1.86. The van der Waals surface area contributed by atoms with Crippen molar-refractivity contribution in [3.63, 3.8) is 0 Å². The van der Waals surface area contributed by atoms with E-state index < -0.39 is 0 Å². The summed E-state index contributed by atoms with van der Waals surface area (Å²) in [5, 5.41) is 11.0. The molecular weight excluding hydrogens is 323 g/mol. The third-order valence-corrected chi connectivity index (χ3v) is 5.76. The zero-order chi connectivity index (χ0) is 16.0. The second-order valence-corrected chi connectivity index (χ2v) is 7.27. The average Bonchev–Trinajstić information content (AvgIpc) is 2.87. The summed E-state index contributed by atoms with van der Waals surface area (Å²) < 4.78 is 0. The number of aromatic hydroxyl groups is 1. The highest BCUT2D eigenvalue weighted by Crippen LogP contribution is 2.45. The third-order valence-electron chi connectivity index (χ3n) is 4.94. The van der Waals surface area contributed by atoms with Crippen molar-refractivity contribution in [3.05, 3.63) is 27.7 Å². The minimum Gasteiger partial charge on any atom is -0.508 e. The predicted octanol–water partition coefficient (Wildman–Crippen LogP) is 3.11. The van der Waals surface area contributed by atoms with E-state index in [4.69, 9.17) is 23.2 Å². The summed E-state index contributed by atoms with van der Waals surface area (Å²) in [5.74, 6) is 0.395. The van der Waals surface area contributed by atoms with Crippen LogP contribution in [0.4, 0.5) is 0 Å². The molecule has 0 saturated carbocycles. The molecule has 120 valence electrons. The maximum Gasteiger partial charge on any atom is 0.224 e. The Labute approximate surface area is 140 Å². The van der Waals surface area contributed by atoms with Gasteiger partial charge in [0.05, 0.1) is 10.0 Å². The van der Waals surface area contributed by atoms with Crippen molar-refractivity contribution in [2.45, 2.75) is 37.3 Å². The first kappa shape index (κ1) is 15.9. The van der Waals surface area contributed by atoms with Crippen molar-refractivity contribution in [3.8, 4) is 5.75 Å². The quantitative estimate of drug-likeness (QED) is 0.897. The van der Waals surface area contributed by atoms with E-state index in [1.807, 2.05) is 19.0 Å².